The number of aliphatic carboxylic acids is 6. The van der Waals surface area contributed by atoms with Gasteiger partial charge in [0.2, 0.25) is 0 Å². The minimum absolute atomic E-state index is 0. The predicted molar refractivity (Wildman–Crippen MR) is 93.9 cm³/mol. The van der Waals surface area contributed by atoms with E-state index in [1.165, 1.54) is 0 Å². The Morgan fingerprint density at radius 2 is 0.967 bits per heavy atom. The summed E-state index contributed by atoms with van der Waals surface area (Å²) < 4.78 is 0. The molecule has 2 atom stereocenters. The molecule has 0 aliphatic carbocycles. The van der Waals surface area contributed by atoms with Crippen molar-refractivity contribution in [1.29, 1.82) is 0 Å². The Morgan fingerprint density at radius 1 is 0.633 bits per heavy atom. The molecule has 2 unspecified atom stereocenters. The molecule has 18 heteroatoms. The Hall–Kier alpha value is 2.53. The topological polar surface area (TPSA) is 273 Å². The summed E-state index contributed by atoms with van der Waals surface area (Å²) in [7, 11) is 0. The fraction of sp³-hybridized carbons (Fsp3) is 0.500. The first-order chi connectivity index (χ1) is 11.6. The number of carbonyl (C=O) groups excluding carboxylic acids is 2. The van der Waals surface area contributed by atoms with E-state index in [4.69, 9.17) is 25.5 Å². The maximum atomic E-state index is 11.0. The summed E-state index contributed by atoms with van der Waals surface area (Å²) in [5.74, 6) is -10.9. The van der Waals surface area contributed by atoms with E-state index in [-0.39, 0.29) is 180 Å². The number of carboxylic acids is 6. The summed E-state index contributed by atoms with van der Waals surface area (Å²) in [6.07, 6.45) is -5.10. The van der Waals surface area contributed by atoms with Crippen LogP contribution in [0.3, 0.4) is 0 Å². The summed E-state index contributed by atoms with van der Waals surface area (Å²) in [5.41, 5.74) is -5.85. The molecular weight excluding hydrogens is 694 g/mol. The van der Waals surface area contributed by atoms with Crippen molar-refractivity contribution in [2.45, 2.75) is 36.9 Å². The van der Waals surface area contributed by atoms with Crippen LogP contribution in [0.15, 0.2) is 0 Å². The van der Waals surface area contributed by atoms with Gasteiger partial charge in [-0.25, -0.2) is 4.79 Å². The third-order valence-corrected chi connectivity index (χ3v) is 2.53. The van der Waals surface area contributed by atoms with E-state index in [0.717, 1.165) is 0 Å². The Morgan fingerprint density at radius 3 is 1.17 bits per heavy atom. The van der Waals surface area contributed by atoms with Gasteiger partial charge in [-0.3, -0.25) is 14.4 Å². The van der Waals surface area contributed by atoms with Crippen molar-refractivity contribution in [3.05, 3.63) is 0 Å². The Bertz CT molecular complexity index is 527. The Kier molecular flexibility index (Phi) is 33.7. The molecule has 156 valence electrons. The van der Waals surface area contributed by atoms with Gasteiger partial charge in [0, 0.05) is 30.4 Å². The predicted octanol–water partition coefficient (Wildman–Crippen LogP) is -8.12. The third-order valence-electron chi connectivity index (χ3n) is 2.53. The summed E-state index contributed by atoms with van der Waals surface area (Å²) in [6, 6.07) is 0. The number of aliphatic hydroxyl groups is 1. The van der Waals surface area contributed by atoms with Gasteiger partial charge in [0.05, 0.1) is 6.42 Å². The third kappa shape index (κ3) is 22.3. The van der Waals surface area contributed by atoms with Crippen LogP contribution in [-0.2, 0) is 28.8 Å². The molecule has 2 radical (unpaired) electrons. The minimum atomic E-state index is -3.05. The molecule has 0 spiro atoms. The van der Waals surface area contributed by atoms with Gasteiger partial charge in [-0.2, -0.15) is 0 Å². The van der Waals surface area contributed by atoms with Crippen molar-refractivity contribution in [1.82, 2.24) is 0 Å². The summed E-state index contributed by atoms with van der Waals surface area (Å²) in [4.78, 5) is 60.5. The fourth-order valence-corrected chi connectivity index (χ4v) is 1.39. The van der Waals surface area contributed by atoms with Gasteiger partial charge in [0.1, 0.15) is 0 Å². The average molecular weight is 711 g/mol. The van der Waals surface area contributed by atoms with E-state index in [2.05, 4.69) is 0 Å². The first-order valence-corrected chi connectivity index (χ1v) is 6.28. The molecule has 30 heavy (non-hydrogen) atoms. The summed E-state index contributed by atoms with van der Waals surface area (Å²) in [5, 5.41) is 72.9. The van der Waals surface area contributed by atoms with Crippen molar-refractivity contribution in [3.8, 4) is 0 Å². The molecule has 0 saturated heterocycles. The number of hydrogen-bond acceptors (Lipinski definition) is 10. The molecule has 0 bridgehead atoms. The average Bonchev–Trinajstić information content (AvgIpc) is 2.34. The van der Waals surface area contributed by atoms with Gasteiger partial charge >= 0.3 is 198 Å². The standard InChI is InChI=1S/C6H8O7.C6H7O7.Bi.3K.3H/c2*7-3(8)1-6(13,5(11)12)2-4(9)10;;;;;;;/h13H,1-2H2,(H,7,8)(H,9,10)(H,11,12);1-2H2,(H,7,8)(H,9,10)(H,11,12);;;;;;;/q;-1;+3;;;;;;/p-2. The van der Waals surface area contributed by atoms with Crippen LogP contribution < -0.4 is 15.3 Å². The Balaban J connectivity index is -0.0000000847. The molecule has 0 aromatic rings. The molecule has 0 aliphatic heterocycles. The number of carboxylic acid groups (broad SMARTS) is 6. The molecule has 0 aromatic heterocycles. The monoisotopic (exact) mass is 710 g/mol. The first kappa shape index (κ1) is 45.9. The van der Waals surface area contributed by atoms with Crippen LogP contribution in [0.1, 0.15) is 25.7 Å². The molecular formula is C12H16BiK3O14. The molecule has 0 aromatic carbocycles. The normalized spacial score (nSPS) is 12.6. The van der Waals surface area contributed by atoms with Crippen molar-refractivity contribution < 1.29 is 69.6 Å². The SMILES string of the molecule is O=C([O-])CC(O)(CC(=O)O)C(=O)O.O=C([O-])CC([O-])(CC(=O)O)C(=O)O.[Bi+3].[KH].[KH].[KH]. The summed E-state index contributed by atoms with van der Waals surface area (Å²) in [6.45, 7) is 0. The van der Waals surface area contributed by atoms with Crippen LogP contribution in [-0.4, -0.2) is 253 Å². The first-order valence-electron chi connectivity index (χ1n) is 6.28. The van der Waals surface area contributed by atoms with Crippen molar-refractivity contribution in [2.75, 3.05) is 0 Å². The van der Waals surface area contributed by atoms with E-state index >= 15 is 0 Å². The molecule has 0 rings (SSSR count). The second-order valence-corrected chi connectivity index (χ2v) is 4.87. The van der Waals surface area contributed by atoms with Gasteiger partial charge in [0.15, 0.2) is 5.60 Å². The maximum absolute atomic E-state index is 11.0. The van der Waals surface area contributed by atoms with Crippen LogP contribution >= 0.6 is 0 Å². The number of carbonyl (C=O) groups is 6. The Labute approximate surface area is 315 Å². The van der Waals surface area contributed by atoms with Gasteiger partial charge in [-0.1, -0.05) is 0 Å². The molecule has 0 heterocycles. The molecule has 0 saturated carbocycles. The second-order valence-electron chi connectivity index (χ2n) is 4.87. The van der Waals surface area contributed by atoms with E-state index in [0.29, 0.717) is 0 Å². The van der Waals surface area contributed by atoms with Gasteiger partial charge in [-0.05, 0) is 6.42 Å². The van der Waals surface area contributed by atoms with Gasteiger partial charge in [0.25, 0.3) is 5.97 Å². The van der Waals surface area contributed by atoms with E-state index in [1.807, 2.05) is 0 Å². The molecule has 0 fully saturated rings. The van der Waals surface area contributed by atoms with Crippen LogP contribution in [0.5, 0.6) is 0 Å². The molecule has 5 N–H and O–H groups in total. The van der Waals surface area contributed by atoms with Gasteiger partial charge < -0.3 is 50.4 Å². The summed E-state index contributed by atoms with van der Waals surface area (Å²) >= 11 is 0. The quantitative estimate of drug-likeness (QED) is 0.132. The zero-order valence-electron chi connectivity index (χ0n) is 13.2. The van der Waals surface area contributed by atoms with E-state index in [1.54, 1.807) is 0 Å². The van der Waals surface area contributed by atoms with Crippen LogP contribution in [0.4, 0.5) is 0 Å². The zero-order chi connectivity index (χ0) is 21.3. The zero-order valence-corrected chi connectivity index (χ0v) is 16.7. The van der Waals surface area contributed by atoms with Crippen LogP contribution in [0, 0.1) is 0 Å². The van der Waals surface area contributed by atoms with Crippen molar-refractivity contribution in [3.63, 3.8) is 0 Å². The molecule has 14 nitrogen and oxygen atoms in total. The van der Waals surface area contributed by atoms with Crippen molar-refractivity contribution >= 4 is 216 Å². The van der Waals surface area contributed by atoms with Crippen molar-refractivity contribution in [2.24, 2.45) is 0 Å². The van der Waals surface area contributed by atoms with E-state index < -0.39 is 72.7 Å². The van der Waals surface area contributed by atoms with Crippen LogP contribution in [0.25, 0.3) is 0 Å². The number of rotatable bonds is 10. The molecule has 0 amide bonds. The van der Waals surface area contributed by atoms with Gasteiger partial charge in [-0.15, -0.1) is 0 Å². The second kappa shape index (κ2) is 22.0. The van der Waals surface area contributed by atoms with Crippen LogP contribution in [0.2, 0.25) is 0 Å². The number of hydrogen-bond donors (Lipinski definition) is 5. The molecule has 0 aliphatic rings. The van der Waals surface area contributed by atoms with E-state index in [9.17, 15) is 44.1 Å². The fourth-order valence-electron chi connectivity index (χ4n) is 1.39.